The van der Waals surface area contributed by atoms with E-state index in [0.717, 1.165) is 0 Å². The van der Waals surface area contributed by atoms with Crippen LogP contribution in [0.4, 0.5) is 8.78 Å². The fourth-order valence-corrected chi connectivity index (χ4v) is 1.32. The Balaban J connectivity index is 2.38. The van der Waals surface area contributed by atoms with Gasteiger partial charge in [-0.05, 0) is 0 Å². The van der Waals surface area contributed by atoms with Gasteiger partial charge in [0.15, 0.2) is 5.96 Å². The SMILES string of the molecule is CN=C(NCC(F)F)NCC(O)c1cnn(C)c1. The molecule has 0 spiro atoms. The van der Waals surface area contributed by atoms with E-state index in [1.807, 2.05) is 0 Å². The first-order chi connectivity index (χ1) is 8.52. The van der Waals surface area contributed by atoms with Gasteiger partial charge in [-0.1, -0.05) is 0 Å². The normalized spacial score (nSPS) is 13.8. The third kappa shape index (κ3) is 4.66. The molecule has 0 amide bonds. The van der Waals surface area contributed by atoms with Crippen molar-refractivity contribution in [3.63, 3.8) is 0 Å². The van der Waals surface area contributed by atoms with Crippen molar-refractivity contribution in [3.05, 3.63) is 18.0 Å². The van der Waals surface area contributed by atoms with Crippen molar-refractivity contribution in [2.45, 2.75) is 12.5 Å². The molecule has 0 saturated heterocycles. The molecule has 0 radical (unpaired) electrons. The summed E-state index contributed by atoms with van der Waals surface area (Å²) in [5, 5.41) is 18.9. The number of aliphatic hydroxyl groups is 1. The van der Waals surface area contributed by atoms with Crippen LogP contribution in [-0.4, -0.2) is 47.4 Å². The van der Waals surface area contributed by atoms with Gasteiger partial charge in [-0.3, -0.25) is 9.67 Å². The fourth-order valence-electron chi connectivity index (χ4n) is 1.32. The van der Waals surface area contributed by atoms with Crippen LogP contribution in [0.3, 0.4) is 0 Å². The summed E-state index contributed by atoms with van der Waals surface area (Å²) in [4.78, 5) is 3.76. The largest absolute Gasteiger partial charge is 0.386 e. The molecule has 1 rings (SSSR count). The molecule has 0 aromatic carbocycles. The lowest BCUT2D eigenvalue weighted by atomic mass is 10.2. The van der Waals surface area contributed by atoms with Crippen LogP contribution in [0.15, 0.2) is 17.4 Å². The molecule has 1 aromatic rings. The highest BCUT2D eigenvalue weighted by molar-refractivity contribution is 5.79. The molecule has 1 unspecified atom stereocenters. The Morgan fingerprint density at radius 2 is 2.17 bits per heavy atom. The van der Waals surface area contributed by atoms with Crippen LogP contribution in [0, 0.1) is 0 Å². The first-order valence-corrected chi connectivity index (χ1v) is 5.42. The van der Waals surface area contributed by atoms with Gasteiger partial charge >= 0.3 is 0 Å². The zero-order chi connectivity index (χ0) is 13.5. The molecule has 0 fully saturated rings. The van der Waals surface area contributed by atoms with Gasteiger partial charge in [0.25, 0.3) is 6.43 Å². The van der Waals surface area contributed by atoms with Crippen molar-refractivity contribution >= 4 is 5.96 Å². The number of hydrogen-bond acceptors (Lipinski definition) is 3. The van der Waals surface area contributed by atoms with E-state index in [1.165, 1.54) is 7.05 Å². The van der Waals surface area contributed by atoms with E-state index in [0.29, 0.717) is 5.56 Å². The molecule has 1 atom stereocenters. The highest BCUT2D eigenvalue weighted by atomic mass is 19.3. The first kappa shape index (κ1) is 14.4. The predicted molar refractivity (Wildman–Crippen MR) is 63.5 cm³/mol. The van der Waals surface area contributed by atoms with Crippen LogP contribution < -0.4 is 10.6 Å². The molecule has 8 heteroatoms. The van der Waals surface area contributed by atoms with Gasteiger partial charge < -0.3 is 15.7 Å². The number of aliphatic hydroxyl groups excluding tert-OH is 1. The number of halogens is 2. The van der Waals surface area contributed by atoms with Gasteiger partial charge in [-0.2, -0.15) is 5.10 Å². The van der Waals surface area contributed by atoms with E-state index in [4.69, 9.17) is 0 Å². The summed E-state index contributed by atoms with van der Waals surface area (Å²) in [6.07, 6.45) is -0.000716. The van der Waals surface area contributed by atoms with Crippen molar-refractivity contribution in [2.75, 3.05) is 20.1 Å². The number of guanidine groups is 1. The van der Waals surface area contributed by atoms with Crippen molar-refractivity contribution in [1.29, 1.82) is 0 Å². The molecule has 0 bridgehead atoms. The van der Waals surface area contributed by atoms with Crippen LogP contribution in [0.25, 0.3) is 0 Å². The molecule has 1 aromatic heterocycles. The Labute approximate surface area is 104 Å². The maximum Gasteiger partial charge on any atom is 0.255 e. The maximum absolute atomic E-state index is 12.0. The standard InChI is InChI=1S/C10H17F2N5O/c1-13-10(15-5-9(11)12)14-4-8(18)7-3-16-17(2)6-7/h3,6,8-9,18H,4-5H2,1-2H3,(H2,13,14,15). The first-order valence-electron chi connectivity index (χ1n) is 5.42. The quantitative estimate of drug-likeness (QED) is 0.510. The molecule has 0 aliphatic rings. The third-order valence-electron chi connectivity index (χ3n) is 2.22. The second-order valence-electron chi connectivity index (χ2n) is 3.69. The number of rotatable bonds is 5. The zero-order valence-electron chi connectivity index (χ0n) is 10.3. The zero-order valence-corrected chi connectivity index (χ0v) is 10.3. The molecular weight excluding hydrogens is 244 g/mol. The van der Waals surface area contributed by atoms with Crippen LogP contribution >= 0.6 is 0 Å². The second-order valence-corrected chi connectivity index (χ2v) is 3.69. The van der Waals surface area contributed by atoms with Gasteiger partial charge in [0.2, 0.25) is 0 Å². The molecule has 0 aliphatic heterocycles. The Morgan fingerprint density at radius 1 is 1.50 bits per heavy atom. The summed E-state index contributed by atoms with van der Waals surface area (Å²) < 4.78 is 25.6. The Bertz CT molecular complexity index is 393. The van der Waals surface area contributed by atoms with Gasteiger partial charge in [-0.25, -0.2) is 8.78 Å². The summed E-state index contributed by atoms with van der Waals surface area (Å²) in [5.74, 6) is 0.221. The van der Waals surface area contributed by atoms with Gasteiger partial charge in [-0.15, -0.1) is 0 Å². The topological polar surface area (TPSA) is 74.5 Å². The van der Waals surface area contributed by atoms with E-state index in [-0.39, 0.29) is 12.5 Å². The van der Waals surface area contributed by atoms with Gasteiger partial charge in [0, 0.05) is 32.4 Å². The molecule has 102 valence electrons. The Morgan fingerprint density at radius 3 is 2.67 bits per heavy atom. The van der Waals surface area contributed by atoms with E-state index < -0.39 is 19.1 Å². The lowest BCUT2D eigenvalue weighted by Gasteiger charge is -2.14. The molecule has 3 N–H and O–H groups in total. The fraction of sp³-hybridized carbons (Fsp3) is 0.600. The summed E-state index contributed by atoms with van der Waals surface area (Å²) in [5.41, 5.74) is 0.648. The number of aliphatic imine (C=N–C) groups is 1. The van der Waals surface area contributed by atoms with Crippen LogP contribution in [-0.2, 0) is 7.05 Å². The average Bonchev–Trinajstić information content (AvgIpc) is 2.75. The average molecular weight is 261 g/mol. The minimum atomic E-state index is -2.45. The second kappa shape index (κ2) is 6.90. The van der Waals surface area contributed by atoms with Gasteiger partial charge in [0.05, 0.1) is 18.8 Å². The number of aromatic nitrogens is 2. The Kier molecular flexibility index (Phi) is 5.50. The lowest BCUT2D eigenvalue weighted by molar-refractivity contribution is 0.151. The number of aryl methyl sites for hydroxylation is 1. The number of alkyl halides is 2. The molecule has 0 aliphatic carbocycles. The lowest BCUT2D eigenvalue weighted by Crippen LogP contribution is -2.41. The number of hydrogen-bond donors (Lipinski definition) is 3. The van der Waals surface area contributed by atoms with Gasteiger partial charge in [0.1, 0.15) is 0 Å². The van der Waals surface area contributed by atoms with Crippen LogP contribution in [0.5, 0.6) is 0 Å². The van der Waals surface area contributed by atoms with Crippen molar-refractivity contribution in [1.82, 2.24) is 20.4 Å². The van der Waals surface area contributed by atoms with E-state index in [2.05, 4.69) is 20.7 Å². The third-order valence-corrected chi connectivity index (χ3v) is 2.22. The smallest absolute Gasteiger partial charge is 0.255 e. The molecule has 0 saturated carbocycles. The van der Waals surface area contributed by atoms with E-state index >= 15 is 0 Å². The number of nitrogens with zero attached hydrogens (tertiary/aromatic N) is 3. The predicted octanol–water partition coefficient (Wildman–Crippen LogP) is -0.116. The highest BCUT2D eigenvalue weighted by Crippen LogP contribution is 2.09. The monoisotopic (exact) mass is 261 g/mol. The van der Waals surface area contributed by atoms with Crippen molar-refractivity contribution < 1.29 is 13.9 Å². The summed E-state index contributed by atoms with van der Waals surface area (Å²) in [6, 6.07) is 0. The van der Waals surface area contributed by atoms with Crippen LogP contribution in [0.2, 0.25) is 0 Å². The minimum absolute atomic E-state index is 0.161. The number of nitrogens with one attached hydrogen (secondary N) is 2. The highest BCUT2D eigenvalue weighted by Gasteiger charge is 2.11. The molecule has 18 heavy (non-hydrogen) atoms. The van der Waals surface area contributed by atoms with Crippen LogP contribution in [0.1, 0.15) is 11.7 Å². The Hall–Kier alpha value is -1.70. The summed E-state index contributed by atoms with van der Waals surface area (Å²) in [7, 11) is 3.21. The molecule has 1 heterocycles. The van der Waals surface area contributed by atoms with Crippen molar-refractivity contribution in [2.24, 2.45) is 12.0 Å². The van der Waals surface area contributed by atoms with Crippen molar-refractivity contribution in [3.8, 4) is 0 Å². The minimum Gasteiger partial charge on any atom is -0.386 e. The molecule has 6 nitrogen and oxygen atoms in total. The maximum atomic E-state index is 12.0. The van der Waals surface area contributed by atoms with E-state index in [9.17, 15) is 13.9 Å². The van der Waals surface area contributed by atoms with E-state index in [1.54, 1.807) is 24.1 Å². The summed E-state index contributed by atoms with van der Waals surface area (Å²) >= 11 is 0. The molecular formula is C10H17F2N5O. The summed E-state index contributed by atoms with van der Waals surface area (Å²) in [6.45, 7) is -0.322.